The highest BCUT2D eigenvalue weighted by molar-refractivity contribution is 6.24. The van der Waals surface area contributed by atoms with Gasteiger partial charge in [0.1, 0.15) is 22.8 Å². The maximum absolute atomic E-state index is 14.3. The number of piperazine rings is 1. The molecule has 1 saturated carbocycles. The number of carbonyl (C=O) groups is 3. The van der Waals surface area contributed by atoms with E-state index in [4.69, 9.17) is 5.73 Å². The zero-order valence-electron chi connectivity index (χ0n) is 27.4. The number of aromatic hydroxyl groups is 1. The number of amides is 1. The molecule has 1 heterocycles. The highest BCUT2D eigenvalue weighted by atomic mass is 16.3. The number of primary amides is 1. The molecule has 0 aromatic heterocycles. The molecule has 12 nitrogen and oxygen atoms in total. The van der Waals surface area contributed by atoms with Crippen molar-refractivity contribution in [2.45, 2.75) is 31.0 Å². The lowest BCUT2D eigenvalue weighted by Crippen LogP contribution is -2.65. The fourth-order valence-corrected chi connectivity index (χ4v) is 8.01. The first kappa shape index (κ1) is 32.7. The molecule has 6 rings (SSSR count). The van der Waals surface area contributed by atoms with Gasteiger partial charge in [0.25, 0.3) is 5.91 Å². The van der Waals surface area contributed by atoms with Crippen LogP contribution in [-0.2, 0) is 27.3 Å². The number of aliphatic hydroxyl groups is 3. The van der Waals surface area contributed by atoms with Crippen LogP contribution in [0.3, 0.4) is 0 Å². The Morgan fingerprint density at radius 2 is 1.72 bits per heavy atom. The number of hydrogen-bond donors (Lipinski definition) is 5. The second kappa shape index (κ2) is 11.8. The highest BCUT2D eigenvalue weighted by Gasteiger charge is 2.64. The van der Waals surface area contributed by atoms with Crippen LogP contribution in [0, 0.1) is 11.8 Å². The second-order valence-corrected chi connectivity index (χ2v) is 13.8. The van der Waals surface area contributed by atoms with E-state index in [2.05, 4.69) is 16.8 Å². The monoisotopic (exact) mass is 645 g/mol. The molecule has 0 spiro atoms. The lowest BCUT2D eigenvalue weighted by molar-refractivity contribution is -0.153. The van der Waals surface area contributed by atoms with Crippen LogP contribution in [0.2, 0.25) is 0 Å². The van der Waals surface area contributed by atoms with Crippen LogP contribution in [0.1, 0.15) is 23.1 Å². The second-order valence-electron chi connectivity index (χ2n) is 13.8. The van der Waals surface area contributed by atoms with E-state index in [0.29, 0.717) is 11.1 Å². The SMILES string of the molecule is CN1CCN(Cc2cccc(-c3cc(N(C)C)c4c(c3O)C(O)=C3C(=O)[C@@]5(O)C(O)=C(C(N)=O)C(=O)[C@H](N(C)C)[C@H]5C[C@H]3C4)c2)CC1. The van der Waals surface area contributed by atoms with Gasteiger partial charge in [-0.15, -0.1) is 0 Å². The smallest absolute Gasteiger partial charge is 0.255 e. The Morgan fingerprint density at radius 3 is 2.34 bits per heavy atom. The van der Waals surface area contributed by atoms with Gasteiger partial charge in [0.2, 0.25) is 5.78 Å². The summed E-state index contributed by atoms with van der Waals surface area (Å²) in [4.78, 5) is 48.0. The minimum absolute atomic E-state index is 0.0372. The van der Waals surface area contributed by atoms with Crippen LogP contribution in [-0.4, -0.2) is 126 Å². The molecular weight excluding hydrogens is 602 g/mol. The lowest BCUT2D eigenvalue weighted by Gasteiger charge is -2.50. The summed E-state index contributed by atoms with van der Waals surface area (Å²) in [6, 6.07) is 8.63. The maximum Gasteiger partial charge on any atom is 0.255 e. The number of anilines is 1. The van der Waals surface area contributed by atoms with Crippen molar-refractivity contribution in [3.8, 4) is 16.9 Å². The molecule has 47 heavy (non-hydrogen) atoms. The largest absolute Gasteiger partial charge is 0.508 e. The first-order chi connectivity index (χ1) is 22.2. The van der Waals surface area contributed by atoms with E-state index in [1.54, 1.807) is 14.1 Å². The van der Waals surface area contributed by atoms with Gasteiger partial charge in [-0.05, 0) is 68.7 Å². The Labute approximate surface area is 274 Å². The van der Waals surface area contributed by atoms with Gasteiger partial charge in [0, 0.05) is 69.6 Å². The summed E-state index contributed by atoms with van der Waals surface area (Å²) in [5.41, 5.74) is 5.47. The van der Waals surface area contributed by atoms with E-state index in [-0.39, 0.29) is 29.7 Å². The van der Waals surface area contributed by atoms with Crippen molar-refractivity contribution in [3.63, 3.8) is 0 Å². The Balaban J connectivity index is 1.48. The Morgan fingerprint density at radius 1 is 1.04 bits per heavy atom. The summed E-state index contributed by atoms with van der Waals surface area (Å²) in [7, 11) is 8.99. The van der Waals surface area contributed by atoms with Crippen LogP contribution >= 0.6 is 0 Å². The number of nitrogens with zero attached hydrogens (tertiary/aromatic N) is 4. The zero-order valence-corrected chi connectivity index (χ0v) is 27.4. The van der Waals surface area contributed by atoms with Gasteiger partial charge in [-0.25, -0.2) is 0 Å². The number of hydrogen-bond acceptors (Lipinski definition) is 11. The van der Waals surface area contributed by atoms with E-state index >= 15 is 0 Å². The van der Waals surface area contributed by atoms with Crippen molar-refractivity contribution in [1.82, 2.24) is 14.7 Å². The molecule has 2 fully saturated rings. The average molecular weight is 646 g/mol. The van der Waals surface area contributed by atoms with Crippen LogP contribution in [0.4, 0.5) is 5.69 Å². The average Bonchev–Trinajstić information content (AvgIpc) is 3.00. The normalized spacial score (nSPS) is 26.7. The third-order valence-electron chi connectivity index (χ3n) is 10.4. The number of carbonyl (C=O) groups excluding carboxylic acids is 3. The molecule has 250 valence electrons. The number of ketones is 2. The van der Waals surface area contributed by atoms with Crippen LogP contribution in [0.15, 0.2) is 47.2 Å². The molecular formula is C35H43N5O7. The van der Waals surface area contributed by atoms with Gasteiger partial charge in [0.15, 0.2) is 11.4 Å². The summed E-state index contributed by atoms with van der Waals surface area (Å²) in [6.07, 6.45) is 0.259. The molecule has 0 unspecified atom stereocenters. The molecule has 1 amide bonds. The quantitative estimate of drug-likeness (QED) is 0.288. The van der Waals surface area contributed by atoms with E-state index in [1.807, 2.05) is 49.3 Å². The molecule has 6 N–H and O–H groups in total. The number of phenols is 1. The number of fused-ring (bicyclic) bond motifs is 3. The van der Waals surface area contributed by atoms with E-state index in [1.165, 1.54) is 4.90 Å². The van der Waals surface area contributed by atoms with Crippen molar-refractivity contribution in [2.24, 2.45) is 17.6 Å². The van der Waals surface area contributed by atoms with Crippen LogP contribution in [0.5, 0.6) is 5.75 Å². The molecule has 2 aromatic rings. The van der Waals surface area contributed by atoms with Crippen molar-refractivity contribution >= 4 is 28.9 Å². The summed E-state index contributed by atoms with van der Waals surface area (Å²) in [5, 5.41) is 46.8. The summed E-state index contributed by atoms with van der Waals surface area (Å²) in [5.74, 6) is -6.65. The molecule has 4 atom stereocenters. The van der Waals surface area contributed by atoms with Crippen LogP contribution < -0.4 is 10.6 Å². The number of phenolic OH excluding ortho intramolecular Hbond substituents is 1. The number of nitrogens with two attached hydrogens (primary N) is 1. The van der Waals surface area contributed by atoms with Crippen molar-refractivity contribution in [3.05, 3.63) is 63.9 Å². The lowest BCUT2D eigenvalue weighted by atomic mass is 9.57. The fraction of sp³-hybridized carbons (Fsp3) is 0.457. The molecule has 12 heteroatoms. The topological polar surface area (TPSA) is 171 Å². The van der Waals surface area contributed by atoms with E-state index < -0.39 is 58.0 Å². The number of benzene rings is 2. The predicted octanol–water partition coefficient (Wildman–Crippen LogP) is 1.44. The van der Waals surface area contributed by atoms with Gasteiger partial charge in [-0.3, -0.25) is 24.2 Å². The summed E-state index contributed by atoms with van der Waals surface area (Å²) in [6.45, 7) is 4.64. The Kier molecular flexibility index (Phi) is 8.20. The third-order valence-corrected chi connectivity index (χ3v) is 10.4. The van der Waals surface area contributed by atoms with Gasteiger partial charge >= 0.3 is 0 Å². The van der Waals surface area contributed by atoms with Crippen LogP contribution in [0.25, 0.3) is 16.9 Å². The maximum atomic E-state index is 14.3. The van der Waals surface area contributed by atoms with Gasteiger partial charge in [0.05, 0.1) is 11.6 Å². The zero-order chi connectivity index (χ0) is 34.1. The standard InChI is InChI=1S/C35H43N5O7/c1-37(2)24-16-21(19-8-6-7-18(13-19)17-40-11-9-39(5)10-12-40)29(41)26-22(24)14-20-15-23-28(38(3)4)31(43)27(34(36)46)33(45)35(23,47)32(44)25(20)30(26)42/h6-8,13,16,20,23,28,41-42,45,47H,9-12,14-15,17H2,1-5H3,(H2,36,46)/t20-,23-,28-,35-/m1/s1. The molecule has 1 aliphatic heterocycles. The number of Topliss-reactive ketones (excluding diaryl/α,β-unsaturated/α-hetero) is 2. The Hall–Kier alpha value is -4.23. The summed E-state index contributed by atoms with van der Waals surface area (Å²) < 4.78 is 0. The van der Waals surface area contributed by atoms with Gasteiger partial charge in [-0.2, -0.15) is 0 Å². The Bertz CT molecular complexity index is 1740. The fourth-order valence-electron chi connectivity index (χ4n) is 8.01. The molecule has 4 aliphatic rings. The summed E-state index contributed by atoms with van der Waals surface area (Å²) >= 11 is 0. The first-order valence-corrected chi connectivity index (χ1v) is 15.9. The molecule has 1 saturated heterocycles. The van der Waals surface area contributed by atoms with Crippen molar-refractivity contribution in [2.75, 3.05) is 66.3 Å². The molecule has 0 radical (unpaired) electrons. The van der Waals surface area contributed by atoms with Crippen molar-refractivity contribution in [1.29, 1.82) is 0 Å². The minimum Gasteiger partial charge on any atom is -0.508 e. The van der Waals surface area contributed by atoms with E-state index in [9.17, 15) is 34.8 Å². The third kappa shape index (κ3) is 5.10. The minimum atomic E-state index is -2.68. The molecule has 2 aromatic carbocycles. The number of likely N-dealkylation sites (N-methyl/N-ethyl adjacent to an activating group) is 2. The number of aliphatic hydroxyl groups excluding tert-OH is 2. The molecule has 0 bridgehead atoms. The van der Waals surface area contributed by atoms with Crippen molar-refractivity contribution < 1.29 is 34.8 Å². The predicted molar refractivity (Wildman–Crippen MR) is 177 cm³/mol. The van der Waals surface area contributed by atoms with E-state index in [0.717, 1.165) is 49.5 Å². The van der Waals surface area contributed by atoms with Gasteiger partial charge < -0.3 is 36.0 Å². The first-order valence-electron chi connectivity index (χ1n) is 15.9. The highest BCUT2D eigenvalue weighted by Crippen LogP contribution is 2.55. The van der Waals surface area contributed by atoms with Gasteiger partial charge in [-0.1, -0.05) is 18.2 Å². The molecule has 3 aliphatic carbocycles. The number of rotatable bonds is 6.